The molecule has 1 unspecified atom stereocenters. The summed E-state index contributed by atoms with van der Waals surface area (Å²) in [6.07, 6.45) is 7.49. The molecular formula is C29H34N6O4S. The summed E-state index contributed by atoms with van der Waals surface area (Å²) in [6.45, 7) is 11.3. The number of imidazole rings is 1. The maximum absolute atomic E-state index is 12.4. The van der Waals surface area contributed by atoms with Gasteiger partial charge in [-0.3, -0.25) is 14.6 Å². The summed E-state index contributed by atoms with van der Waals surface area (Å²) >= 11 is 1.68. The van der Waals surface area contributed by atoms with Gasteiger partial charge in [0.1, 0.15) is 5.76 Å². The maximum Gasteiger partial charge on any atom is 0.324 e. The number of rotatable bonds is 7. The first-order valence-electron chi connectivity index (χ1n) is 13.6. The fourth-order valence-corrected chi connectivity index (χ4v) is 5.86. The van der Waals surface area contributed by atoms with Gasteiger partial charge in [0.2, 0.25) is 0 Å². The highest BCUT2D eigenvalue weighted by Gasteiger charge is 2.20. The number of morpholine rings is 1. The third kappa shape index (κ3) is 5.97. The van der Waals surface area contributed by atoms with Crippen LogP contribution in [0.15, 0.2) is 41.1 Å². The third-order valence-corrected chi connectivity index (χ3v) is 8.08. The van der Waals surface area contributed by atoms with Gasteiger partial charge in [-0.1, -0.05) is 55.5 Å². The lowest BCUT2D eigenvalue weighted by Gasteiger charge is -2.27. The van der Waals surface area contributed by atoms with Crippen LogP contribution in [-0.4, -0.2) is 71.0 Å². The minimum absolute atomic E-state index is 0.0958. The Labute approximate surface area is 236 Å². The van der Waals surface area contributed by atoms with Crippen LogP contribution in [0, 0.1) is 0 Å². The Kier molecular flexibility index (Phi) is 7.45. The minimum atomic E-state index is -0.384. The van der Waals surface area contributed by atoms with Gasteiger partial charge in [0.15, 0.2) is 10.8 Å². The van der Waals surface area contributed by atoms with Gasteiger partial charge in [0, 0.05) is 48.6 Å². The van der Waals surface area contributed by atoms with E-state index in [9.17, 15) is 4.79 Å². The van der Waals surface area contributed by atoms with E-state index in [0.717, 1.165) is 62.1 Å². The number of hydrogen-bond donors (Lipinski definition) is 2. The zero-order chi connectivity index (χ0) is 27.7. The van der Waals surface area contributed by atoms with Gasteiger partial charge in [-0.2, -0.15) is 0 Å². The van der Waals surface area contributed by atoms with Crippen molar-refractivity contribution >= 4 is 46.0 Å². The molecule has 1 fully saturated rings. The van der Waals surface area contributed by atoms with Crippen LogP contribution in [0.5, 0.6) is 0 Å². The van der Waals surface area contributed by atoms with Gasteiger partial charge in [0.25, 0.3) is 0 Å². The Balaban J connectivity index is 1.07. The van der Waals surface area contributed by atoms with Crippen LogP contribution in [0.2, 0.25) is 0 Å². The third-order valence-electron chi connectivity index (χ3n) is 7.04. The Bertz CT molecular complexity index is 1610. The number of ether oxygens (including phenoxy) is 2. The van der Waals surface area contributed by atoms with Crippen LogP contribution in [0.1, 0.15) is 33.0 Å². The number of carbonyl (C=O) groups excluding carboxylic acids is 1. The molecule has 1 aliphatic heterocycles. The second-order valence-electron chi connectivity index (χ2n) is 11.1. The predicted octanol–water partition coefficient (Wildman–Crippen LogP) is 3.67. The number of anilines is 2. The summed E-state index contributed by atoms with van der Waals surface area (Å²) < 4.78 is 20.2. The van der Waals surface area contributed by atoms with Gasteiger partial charge >= 0.3 is 6.03 Å². The van der Waals surface area contributed by atoms with Crippen molar-refractivity contribution in [1.82, 2.24) is 19.4 Å². The van der Waals surface area contributed by atoms with Crippen LogP contribution < -0.4 is 20.5 Å². The summed E-state index contributed by atoms with van der Waals surface area (Å²) in [5.41, 5.74) is 2.35. The lowest BCUT2D eigenvalue weighted by molar-refractivity contribution is 0.0144. The van der Waals surface area contributed by atoms with E-state index >= 15 is 0 Å². The molecule has 11 heteroatoms. The summed E-state index contributed by atoms with van der Waals surface area (Å²) in [7, 11) is 0. The van der Waals surface area contributed by atoms with Crippen molar-refractivity contribution in [3.05, 3.63) is 52.2 Å². The van der Waals surface area contributed by atoms with Crippen molar-refractivity contribution in [1.29, 1.82) is 0 Å². The number of nitrogens with zero attached hydrogens (tertiary/aromatic N) is 4. The topological polar surface area (TPSA) is 106 Å². The molecule has 3 aromatic heterocycles. The van der Waals surface area contributed by atoms with Crippen LogP contribution in [0.4, 0.5) is 16.3 Å². The van der Waals surface area contributed by atoms with E-state index < -0.39 is 0 Å². The largest absolute Gasteiger partial charge is 0.379 e. The molecule has 6 rings (SSSR count). The van der Waals surface area contributed by atoms with Crippen LogP contribution in [0.3, 0.4) is 0 Å². The van der Waals surface area contributed by atoms with Crippen molar-refractivity contribution in [3.63, 3.8) is 0 Å². The molecule has 1 aromatic carbocycles. The van der Waals surface area contributed by atoms with Crippen molar-refractivity contribution in [2.45, 2.75) is 38.7 Å². The second kappa shape index (κ2) is 11.2. The quantitative estimate of drug-likeness (QED) is 0.354. The predicted molar refractivity (Wildman–Crippen MR) is 156 cm³/mol. The van der Waals surface area contributed by atoms with Crippen molar-refractivity contribution in [2.75, 3.05) is 50.1 Å². The zero-order valence-electron chi connectivity index (χ0n) is 23.0. The molecule has 210 valence electrons. The van der Waals surface area contributed by atoms with Crippen LogP contribution >= 0.6 is 11.3 Å². The standard InChI is InChI=1S/C29H34N6O4S/c1-29(2,3)25-17-26(33-39-25)32-27(36)30-20-6-4-19(5-7-20)22-18-35-23-9-8-21(16-24(23)40-28(35)31-22)38-15-12-34-10-13-37-14-11-34/h4-7,9,16-18,21H,8,10-15H2,1-3H3,(H2,30,32,33,36). The molecule has 1 aliphatic carbocycles. The van der Waals surface area contributed by atoms with E-state index in [1.54, 1.807) is 17.4 Å². The number of carbonyl (C=O) groups is 1. The first-order valence-corrected chi connectivity index (χ1v) is 14.4. The zero-order valence-corrected chi connectivity index (χ0v) is 23.8. The summed E-state index contributed by atoms with van der Waals surface area (Å²) in [6, 6.07) is 8.99. The highest BCUT2D eigenvalue weighted by atomic mass is 32.1. The molecule has 10 nitrogen and oxygen atoms in total. The number of aromatic nitrogens is 3. The molecule has 2 amide bonds. The number of thiazole rings is 1. The van der Waals surface area contributed by atoms with E-state index in [4.69, 9.17) is 19.0 Å². The van der Waals surface area contributed by atoms with E-state index in [1.165, 1.54) is 9.88 Å². The summed E-state index contributed by atoms with van der Waals surface area (Å²) in [5.74, 6) is 1.08. The van der Waals surface area contributed by atoms with E-state index in [1.807, 2.05) is 45.0 Å². The first-order chi connectivity index (χ1) is 19.3. The van der Waals surface area contributed by atoms with Gasteiger partial charge < -0.3 is 19.3 Å². The highest BCUT2D eigenvalue weighted by molar-refractivity contribution is 7.15. The minimum Gasteiger partial charge on any atom is -0.379 e. The van der Waals surface area contributed by atoms with Crippen molar-refractivity contribution in [3.8, 4) is 11.3 Å². The number of urea groups is 1. The lowest BCUT2D eigenvalue weighted by atomic mass is 9.93. The van der Waals surface area contributed by atoms with Crippen molar-refractivity contribution < 1.29 is 18.8 Å². The summed E-state index contributed by atoms with van der Waals surface area (Å²) in [4.78, 5) is 20.6. The fourth-order valence-electron chi connectivity index (χ4n) is 4.76. The molecule has 2 N–H and O–H groups in total. The molecule has 4 heterocycles. The molecule has 0 bridgehead atoms. The van der Waals surface area contributed by atoms with Gasteiger partial charge in [-0.15, -0.1) is 0 Å². The number of amides is 2. The molecule has 0 saturated carbocycles. The SMILES string of the molecule is CC(C)(C)c1cc(NC(=O)Nc2ccc(-c3cn4c5c(sc4n3)=CC(OCCN3CCOCC3)CC=5)cc2)no1. The normalized spacial score (nSPS) is 17.7. The molecule has 0 radical (unpaired) electrons. The van der Waals surface area contributed by atoms with Crippen LogP contribution in [-0.2, 0) is 14.9 Å². The lowest BCUT2D eigenvalue weighted by Crippen LogP contribution is -2.39. The highest BCUT2D eigenvalue weighted by Crippen LogP contribution is 2.25. The van der Waals surface area contributed by atoms with E-state index in [-0.39, 0.29) is 17.6 Å². The second-order valence-corrected chi connectivity index (χ2v) is 12.1. The molecule has 0 spiro atoms. The molecule has 1 atom stereocenters. The average Bonchev–Trinajstić information content (AvgIpc) is 3.64. The monoisotopic (exact) mass is 562 g/mol. The Morgan fingerprint density at radius 1 is 1.18 bits per heavy atom. The van der Waals surface area contributed by atoms with Gasteiger partial charge in [0.05, 0.1) is 41.5 Å². The maximum atomic E-state index is 12.4. The number of benzene rings is 1. The molecular weight excluding hydrogens is 528 g/mol. The Hall–Kier alpha value is -3.51. The van der Waals surface area contributed by atoms with E-state index in [2.05, 4.69) is 43.4 Å². The average molecular weight is 563 g/mol. The Morgan fingerprint density at radius 2 is 1.98 bits per heavy atom. The first kappa shape index (κ1) is 26.7. The number of hydrogen-bond acceptors (Lipinski definition) is 8. The molecule has 1 saturated heterocycles. The Morgan fingerprint density at radius 3 is 2.73 bits per heavy atom. The molecule has 2 aliphatic rings. The van der Waals surface area contributed by atoms with Gasteiger partial charge in [-0.25, -0.2) is 9.78 Å². The number of fused-ring (bicyclic) bond motifs is 3. The number of nitrogens with one attached hydrogen (secondary N) is 2. The van der Waals surface area contributed by atoms with Gasteiger partial charge in [-0.05, 0) is 24.6 Å². The van der Waals surface area contributed by atoms with Crippen LogP contribution in [0.25, 0.3) is 28.4 Å². The molecule has 4 aromatic rings. The fraction of sp³-hybridized carbons (Fsp3) is 0.414. The van der Waals surface area contributed by atoms with Crippen molar-refractivity contribution in [2.24, 2.45) is 0 Å². The molecule has 40 heavy (non-hydrogen) atoms. The van der Waals surface area contributed by atoms with E-state index in [0.29, 0.717) is 17.3 Å². The smallest absolute Gasteiger partial charge is 0.324 e. The summed E-state index contributed by atoms with van der Waals surface area (Å²) in [5, 5.41) is 10.6.